The van der Waals surface area contributed by atoms with E-state index < -0.39 is 11.7 Å². The number of anilines is 2. The number of hydrogen-bond donors (Lipinski definition) is 0. The predicted molar refractivity (Wildman–Crippen MR) is 122 cm³/mol. The maximum absolute atomic E-state index is 12.4. The third kappa shape index (κ3) is 5.71. The van der Waals surface area contributed by atoms with Gasteiger partial charge in [0.05, 0.1) is 17.9 Å². The molecule has 0 N–H and O–H groups in total. The van der Waals surface area contributed by atoms with Crippen LogP contribution in [0.5, 0.6) is 5.75 Å². The van der Waals surface area contributed by atoms with Crippen molar-refractivity contribution in [2.24, 2.45) is 5.92 Å². The minimum Gasteiger partial charge on any atom is -0.492 e. The Balaban J connectivity index is 1.54. The summed E-state index contributed by atoms with van der Waals surface area (Å²) in [6, 6.07) is 14.7. The fraction of sp³-hybridized carbons (Fsp3) is 0.440. The van der Waals surface area contributed by atoms with E-state index in [1.807, 2.05) is 30.3 Å². The number of nitrogens with zero attached hydrogens (tertiary/aromatic N) is 2. The van der Waals surface area contributed by atoms with Crippen molar-refractivity contribution in [3.8, 4) is 5.75 Å². The summed E-state index contributed by atoms with van der Waals surface area (Å²) in [5.74, 6) is 0.278. The Hall–Kier alpha value is -2.70. The second-order valence-corrected chi connectivity index (χ2v) is 8.43. The standard InChI is InChI=1S/C25H32N2O4/c1-18(2)17-30-15-13-26(19(3)4)14-16-31-21-11-9-20(10-12-21)27-23-8-6-5-7-22(23)24(28)25(27)29/h5-12,18-19H,13-17H2,1-4H3. The summed E-state index contributed by atoms with van der Waals surface area (Å²) in [4.78, 5) is 28.4. The number of ketones is 1. The summed E-state index contributed by atoms with van der Waals surface area (Å²) in [5.41, 5.74) is 1.72. The van der Waals surface area contributed by atoms with Crippen LogP contribution in [0.1, 0.15) is 38.1 Å². The van der Waals surface area contributed by atoms with Gasteiger partial charge in [-0.2, -0.15) is 0 Å². The molecule has 0 atom stereocenters. The van der Waals surface area contributed by atoms with Crippen LogP contribution in [-0.2, 0) is 9.53 Å². The average Bonchev–Trinajstić information content (AvgIpc) is 3.00. The fourth-order valence-electron chi connectivity index (χ4n) is 3.54. The zero-order valence-electron chi connectivity index (χ0n) is 18.8. The van der Waals surface area contributed by atoms with Gasteiger partial charge >= 0.3 is 5.91 Å². The summed E-state index contributed by atoms with van der Waals surface area (Å²) in [7, 11) is 0. The number of carbonyl (C=O) groups excluding carboxylic acids is 2. The van der Waals surface area contributed by atoms with Gasteiger partial charge in [-0.05, 0) is 56.2 Å². The number of ether oxygens (including phenoxy) is 2. The van der Waals surface area contributed by atoms with Crippen molar-refractivity contribution in [3.63, 3.8) is 0 Å². The van der Waals surface area contributed by atoms with Crippen molar-refractivity contribution in [2.45, 2.75) is 33.7 Å². The molecule has 1 aliphatic heterocycles. The molecule has 1 heterocycles. The maximum atomic E-state index is 12.4. The second kappa shape index (κ2) is 10.6. The van der Waals surface area contributed by atoms with Crippen LogP contribution >= 0.6 is 0 Å². The number of benzene rings is 2. The van der Waals surface area contributed by atoms with Gasteiger partial charge in [0.25, 0.3) is 5.78 Å². The Kier molecular flexibility index (Phi) is 7.82. The van der Waals surface area contributed by atoms with Crippen molar-refractivity contribution in [1.29, 1.82) is 0 Å². The Bertz CT molecular complexity index is 893. The quantitative estimate of drug-likeness (QED) is 0.397. The number of Topliss-reactive ketones (excluding diaryl/α,β-unsaturated/α-hetero) is 1. The Morgan fingerprint density at radius 2 is 1.58 bits per heavy atom. The third-order valence-corrected chi connectivity index (χ3v) is 5.23. The summed E-state index contributed by atoms with van der Waals surface area (Å²) >= 11 is 0. The third-order valence-electron chi connectivity index (χ3n) is 5.23. The molecule has 0 aromatic heterocycles. The first-order chi connectivity index (χ1) is 14.9. The van der Waals surface area contributed by atoms with Crippen LogP contribution in [0, 0.1) is 5.92 Å². The SMILES string of the molecule is CC(C)COCCN(CCOc1ccc(N2C(=O)C(=O)c3ccccc32)cc1)C(C)C. The van der Waals surface area contributed by atoms with E-state index in [0.29, 0.717) is 35.5 Å². The predicted octanol–water partition coefficient (Wildman–Crippen LogP) is 4.31. The lowest BCUT2D eigenvalue weighted by molar-refractivity contribution is -0.113. The van der Waals surface area contributed by atoms with Gasteiger partial charge in [0.15, 0.2) is 0 Å². The highest BCUT2D eigenvalue weighted by Gasteiger charge is 2.36. The van der Waals surface area contributed by atoms with E-state index in [1.165, 1.54) is 4.90 Å². The van der Waals surface area contributed by atoms with E-state index in [9.17, 15) is 9.59 Å². The molecule has 6 heteroatoms. The number of rotatable bonds is 11. The molecule has 166 valence electrons. The van der Waals surface area contributed by atoms with E-state index in [1.54, 1.807) is 18.2 Å². The zero-order chi connectivity index (χ0) is 22.4. The first-order valence-corrected chi connectivity index (χ1v) is 10.9. The fourth-order valence-corrected chi connectivity index (χ4v) is 3.54. The highest BCUT2D eigenvalue weighted by Crippen LogP contribution is 2.35. The van der Waals surface area contributed by atoms with Gasteiger partial charge in [0.2, 0.25) is 0 Å². The molecule has 2 aromatic rings. The number of hydrogen-bond acceptors (Lipinski definition) is 5. The number of para-hydroxylation sites is 1. The van der Waals surface area contributed by atoms with Crippen LogP contribution in [-0.4, -0.2) is 55.5 Å². The number of fused-ring (bicyclic) bond motifs is 1. The molecule has 0 unspecified atom stereocenters. The smallest absolute Gasteiger partial charge is 0.304 e. The molecule has 6 nitrogen and oxygen atoms in total. The van der Waals surface area contributed by atoms with Crippen molar-refractivity contribution >= 4 is 23.1 Å². The van der Waals surface area contributed by atoms with Crippen LogP contribution in [0.2, 0.25) is 0 Å². The molecule has 2 aromatic carbocycles. The van der Waals surface area contributed by atoms with Crippen LogP contribution in [0.4, 0.5) is 11.4 Å². The zero-order valence-corrected chi connectivity index (χ0v) is 18.8. The van der Waals surface area contributed by atoms with Gasteiger partial charge in [0, 0.05) is 31.4 Å². The Morgan fingerprint density at radius 1 is 0.903 bits per heavy atom. The molecule has 0 spiro atoms. The molecule has 1 aliphatic rings. The lowest BCUT2D eigenvalue weighted by Crippen LogP contribution is -2.37. The Morgan fingerprint density at radius 3 is 2.26 bits per heavy atom. The van der Waals surface area contributed by atoms with Gasteiger partial charge in [-0.3, -0.25) is 19.4 Å². The highest BCUT2D eigenvalue weighted by molar-refractivity contribution is 6.53. The number of amides is 1. The van der Waals surface area contributed by atoms with Crippen LogP contribution in [0.15, 0.2) is 48.5 Å². The van der Waals surface area contributed by atoms with Gasteiger partial charge in [-0.15, -0.1) is 0 Å². The van der Waals surface area contributed by atoms with E-state index >= 15 is 0 Å². The van der Waals surface area contributed by atoms with Crippen molar-refractivity contribution in [1.82, 2.24) is 4.90 Å². The average molecular weight is 425 g/mol. The normalized spacial score (nSPS) is 13.6. The molecule has 0 saturated carbocycles. The van der Waals surface area contributed by atoms with Crippen molar-refractivity contribution in [3.05, 3.63) is 54.1 Å². The maximum Gasteiger partial charge on any atom is 0.304 e. The molecule has 1 amide bonds. The van der Waals surface area contributed by atoms with Gasteiger partial charge in [0.1, 0.15) is 12.4 Å². The monoisotopic (exact) mass is 424 g/mol. The molecule has 0 bridgehead atoms. The van der Waals surface area contributed by atoms with E-state index in [-0.39, 0.29) is 0 Å². The van der Waals surface area contributed by atoms with Crippen molar-refractivity contribution < 1.29 is 19.1 Å². The largest absolute Gasteiger partial charge is 0.492 e. The molecule has 0 fully saturated rings. The lowest BCUT2D eigenvalue weighted by Gasteiger charge is -2.26. The molecular weight excluding hydrogens is 392 g/mol. The van der Waals surface area contributed by atoms with Gasteiger partial charge in [-0.25, -0.2) is 0 Å². The van der Waals surface area contributed by atoms with Crippen LogP contribution in [0.3, 0.4) is 0 Å². The molecule has 0 saturated heterocycles. The summed E-state index contributed by atoms with van der Waals surface area (Å²) in [6.45, 7) is 12.4. The van der Waals surface area contributed by atoms with E-state index in [0.717, 1.165) is 32.1 Å². The highest BCUT2D eigenvalue weighted by atomic mass is 16.5. The number of carbonyl (C=O) groups is 2. The first-order valence-electron chi connectivity index (χ1n) is 10.9. The second-order valence-electron chi connectivity index (χ2n) is 8.43. The summed E-state index contributed by atoms with van der Waals surface area (Å²) in [6.07, 6.45) is 0. The van der Waals surface area contributed by atoms with Crippen LogP contribution in [0.25, 0.3) is 0 Å². The molecule has 0 radical (unpaired) electrons. The molecule has 0 aliphatic carbocycles. The summed E-state index contributed by atoms with van der Waals surface area (Å²) < 4.78 is 11.6. The van der Waals surface area contributed by atoms with Gasteiger partial charge in [-0.1, -0.05) is 26.0 Å². The van der Waals surface area contributed by atoms with Crippen molar-refractivity contribution in [2.75, 3.05) is 37.8 Å². The first kappa shape index (κ1) is 23.0. The molecule has 3 rings (SSSR count). The summed E-state index contributed by atoms with van der Waals surface area (Å²) in [5, 5.41) is 0. The Labute approximate surface area is 184 Å². The van der Waals surface area contributed by atoms with Crippen LogP contribution < -0.4 is 9.64 Å². The molecule has 31 heavy (non-hydrogen) atoms. The topological polar surface area (TPSA) is 59.1 Å². The van der Waals surface area contributed by atoms with E-state index in [4.69, 9.17) is 9.47 Å². The minimum atomic E-state index is -0.526. The molecular formula is C25H32N2O4. The van der Waals surface area contributed by atoms with Gasteiger partial charge < -0.3 is 9.47 Å². The minimum absolute atomic E-state index is 0.410. The van der Waals surface area contributed by atoms with E-state index in [2.05, 4.69) is 32.6 Å². The lowest BCUT2D eigenvalue weighted by atomic mass is 10.1.